The Morgan fingerprint density at radius 3 is 2.19 bits per heavy atom. The van der Waals surface area contributed by atoms with Gasteiger partial charge in [-0.1, -0.05) is 35.6 Å². The number of carbonyl (C=O) groups is 3. The number of benzene rings is 2. The van der Waals surface area contributed by atoms with E-state index in [1.807, 2.05) is 18.2 Å². The molecule has 4 aromatic rings. The van der Waals surface area contributed by atoms with Crippen molar-refractivity contribution in [2.45, 2.75) is 71.4 Å². The lowest BCUT2D eigenvalue weighted by molar-refractivity contribution is -0.137. The first-order chi connectivity index (χ1) is 22.3. The summed E-state index contributed by atoms with van der Waals surface area (Å²) >= 11 is 1.04. The van der Waals surface area contributed by atoms with E-state index in [0.29, 0.717) is 16.0 Å². The zero-order chi connectivity index (χ0) is 35.4. The summed E-state index contributed by atoms with van der Waals surface area (Å²) in [4.78, 5) is 49.9. The summed E-state index contributed by atoms with van der Waals surface area (Å²) in [6, 6.07) is 10.9. The van der Waals surface area contributed by atoms with Crippen LogP contribution in [0.3, 0.4) is 0 Å². The summed E-state index contributed by atoms with van der Waals surface area (Å²) < 4.78 is 55.9. The monoisotopic (exact) mass is 686 g/mol. The van der Waals surface area contributed by atoms with E-state index < -0.39 is 47.1 Å². The summed E-state index contributed by atoms with van der Waals surface area (Å²) in [7, 11) is 1.22. The van der Waals surface area contributed by atoms with Crippen LogP contribution in [0.4, 0.5) is 27.9 Å². The Balaban J connectivity index is 1.78. The lowest BCUT2D eigenvalue weighted by Crippen LogP contribution is -2.49. The van der Waals surface area contributed by atoms with E-state index >= 15 is 0 Å². The topological polar surface area (TPSA) is 120 Å². The number of ether oxygens (including phenoxy) is 3. The maximum absolute atomic E-state index is 13.8. The van der Waals surface area contributed by atoms with Gasteiger partial charge in [-0.25, -0.2) is 19.4 Å². The second kappa shape index (κ2) is 14.2. The van der Waals surface area contributed by atoms with Gasteiger partial charge in [0.15, 0.2) is 10.8 Å². The third kappa shape index (κ3) is 9.66. The number of thiazole rings is 1. The molecule has 2 amide bonds. The number of fused-ring (bicyclic) bond motifs is 1. The van der Waals surface area contributed by atoms with Gasteiger partial charge in [-0.15, -0.1) is 0 Å². The number of hydrogen-bond acceptors (Lipinski definition) is 9. The highest BCUT2D eigenvalue weighted by Gasteiger charge is 2.33. The predicted octanol–water partition coefficient (Wildman–Crippen LogP) is 8.04. The van der Waals surface area contributed by atoms with Gasteiger partial charge in [0, 0.05) is 17.8 Å². The fourth-order valence-corrected chi connectivity index (χ4v) is 5.65. The number of rotatable bonds is 8. The van der Waals surface area contributed by atoms with Crippen LogP contribution < -0.4 is 10.2 Å². The number of halogens is 3. The number of amides is 2. The molecule has 0 saturated carbocycles. The normalized spacial score (nSPS) is 12.7. The molecule has 0 unspecified atom stereocenters. The highest BCUT2D eigenvalue weighted by molar-refractivity contribution is 7.19. The molecule has 0 aliphatic carbocycles. The zero-order valence-corrected chi connectivity index (χ0v) is 28.4. The van der Waals surface area contributed by atoms with Gasteiger partial charge in [0.1, 0.15) is 11.2 Å². The Morgan fingerprint density at radius 2 is 1.58 bits per heavy atom. The van der Waals surface area contributed by atoms with E-state index in [9.17, 15) is 27.6 Å². The minimum Gasteiger partial charge on any atom is -0.464 e. The molecule has 2 aromatic heterocycles. The van der Waals surface area contributed by atoms with Crippen molar-refractivity contribution in [2.24, 2.45) is 0 Å². The van der Waals surface area contributed by atoms with Crippen molar-refractivity contribution < 1.29 is 41.8 Å². The number of alkyl carbamates (subject to hydrolysis) is 1. The molecule has 0 aliphatic heterocycles. The molecular weight excluding hydrogens is 649 g/mol. The minimum atomic E-state index is -4.53. The summed E-state index contributed by atoms with van der Waals surface area (Å²) in [6.45, 7) is 9.83. The molecule has 4 rings (SSSR count). The Kier molecular flexibility index (Phi) is 10.7. The van der Waals surface area contributed by atoms with Crippen LogP contribution in [0.15, 0.2) is 60.9 Å². The first-order valence-electron chi connectivity index (χ1n) is 14.9. The number of hydrogen-bond donors (Lipinski definition) is 1. The van der Waals surface area contributed by atoms with Crippen molar-refractivity contribution in [3.63, 3.8) is 0 Å². The van der Waals surface area contributed by atoms with Gasteiger partial charge in [-0.2, -0.15) is 13.2 Å². The molecule has 2 aromatic carbocycles. The van der Waals surface area contributed by atoms with Gasteiger partial charge in [0.2, 0.25) is 0 Å². The van der Waals surface area contributed by atoms with E-state index in [0.717, 1.165) is 34.2 Å². The zero-order valence-electron chi connectivity index (χ0n) is 27.6. The van der Waals surface area contributed by atoms with Crippen molar-refractivity contribution in [3.05, 3.63) is 77.7 Å². The number of aromatic nitrogens is 2. The number of esters is 1. The number of carbonyl (C=O) groups excluding carboxylic acids is 3. The smallest absolute Gasteiger partial charge is 0.416 e. The lowest BCUT2D eigenvalue weighted by atomic mass is 10.0. The van der Waals surface area contributed by atoms with Crippen LogP contribution >= 0.6 is 11.3 Å². The molecule has 1 N–H and O–H groups in total. The average Bonchev–Trinajstić information content (AvgIpc) is 3.42. The lowest BCUT2D eigenvalue weighted by Gasteiger charge is -2.30. The van der Waals surface area contributed by atoms with E-state index in [2.05, 4.69) is 15.3 Å². The fraction of sp³-hybridized carbons (Fsp3) is 0.382. The molecule has 2 heterocycles. The molecule has 0 radical (unpaired) electrons. The fourth-order valence-electron chi connectivity index (χ4n) is 4.60. The molecule has 14 heteroatoms. The van der Waals surface area contributed by atoms with Crippen LogP contribution in [0, 0.1) is 0 Å². The van der Waals surface area contributed by atoms with E-state index in [4.69, 9.17) is 14.2 Å². The molecule has 0 spiro atoms. The molecule has 0 saturated heterocycles. The molecule has 1 atom stereocenters. The van der Waals surface area contributed by atoms with Crippen LogP contribution in [-0.2, 0) is 26.8 Å². The molecule has 0 aliphatic rings. The van der Waals surface area contributed by atoms with E-state index in [1.165, 1.54) is 24.1 Å². The maximum Gasteiger partial charge on any atom is 0.416 e. The van der Waals surface area contributed by atoms with Gasteiger partial charge < -0.3 is 19.5 Å². The van der Waals surface area contributed by atoms with Gasteiger partial charge >= 0.3 is 24.3 Å². The average molecular weight is 687 g/mol. The number of anilines is 1. The standard InChI is InChI=1S/C34H37F3N4O6S/c1-32(2,3)46-30(43)39-25(16-20-8-12-24(13-9-20)34(35,36)37)19-41(31(44)47-33(4,5)6)29-40-26(28(42)45-7)27(48-29)22-10-11-23-18-38-15-14-21(23)17-22/h8-15,17-18,25H,16,19H2,1-7H3,(H,39,43)/t25-/m0/s1. The Labute approximate surface area is 280 Å². The largest absolute Gasteiger partial charge is 0.464 e. The van der Waals surface area contributed by atoms with Gasteiger partial charge in [0.25, 0.3) is 0 Å². The van der Waals surface area contributed by atoms with Crippen LogP contribution in [0.5, 0.6) is 0 Å². The summed E-state index contributed by atoms with van der Waals surface area (Å²) in [6.07, 6.45) is -2.79. The third-order valence-electron chi connectivity index (χ3n) is 6.63. The highest BCUT2D eigenvalue weighted by atomic mass is 32.1. The Morgan fingerprint density at radius 1 is 0.917 bits per heavy atom. The number of alkyl halides is 3. The molecule has 0 bridgehead atoms. The number of nitrogens with one attached hydrogen (secondary N) is 1. The second-order valence-electron chi connectivity index (χ2n) is 12.9. The van der Waals surface area contributed by atoms with Crippen LogP contribution in [0.25, 0.3) is 21.2 Å². The summed E-state index contributed by atoms with van der Waals surface area (Å²) in [5.41, 5.74) is -1.57. The maximum atomic E-state index is 13.8. The Hall–Kier alpha value is -4.72. The summed E-state index contributed by atoms with van der Waals surface area (Å²) in [5.74, 6) is -0.736. The number of pyridine rings is 1. The van der Waals surface area contributed by atoms with Crippen molar-refractivity contribution in [1.82, 2.24) is 15.3 Å². The first-order valence-corrected chi connectivity index (χ1v) is 15.7. The van der Waals surface area contributed by atoms with E-state index in [1.54, 1.807) is 60.0 Å². The first kappa shape index (κ1) is 36.1. The molecular formula is C34H37F3N4O6S. The predicted molar refractivity (Wildman–Crippen MR) is 176 cm³/mol. The van der Waals surface area contributed by atoms with Gasteiger partial charge in [0.05, 0.1) is 30.1 Å². The highest BCUT2D eigenvalue weighted by Crippen LogP contribution is 2.37. The van der Waals surface area contributed by atoms with Crippen molar-refractivity contribution in [2.75, 3.05) is 18.6 Å². The SMILES string of the molecule is COC(=O)c1nc(N(C[C@H](Cc2ccc(C(F)(F)F)cc2)NC(=O)OC(C)(C)C)C(=O)OC(C)(C)C)sc1-c1ccc2cnccc2c1. The molecule has 256 valence electrons. The van der Waals surface area contributed by atoms with Gasteiger partial charge in [-0.05, 0) is 88.7 Å². The number of nitrogens with zero attached hydrogens (tertiary/aromatic N) is 3. The third-order valence-corrected chi connectivity index (χ3v) is 7.76. The van der Waals surface area contributed by atoms with Gasteiger partial charge in [-0.3, -0.25) is 9.88 Å². The minimum absolute atomic E-state index is 0.0114. The molecule has 10 nitrogen and oxygen atoms in total. The Bertz CT molecular complexity index is 1780. The summed E-state index contributed by atoms with van der Waals surface area (Å²) in [5, 5.41) is 4.54. The van der Waals surface area contributed by atoms with Crippen LogP contribution in [0.1, 0.15) is 63.2 Å². The van der Waals surface area contributed by atoms with Crippen LogP contribution in [0.2, 0.25) is 0 Å². The quantitative estimate of drug-likeness (QED) is 0.146. The van der Waals surface area contributed by atoms with Crippen molar-refractivity contribution >= 4 is 45.4 Å². The van der Waals surface area contributed by atoms with Crippen molar-refractivity contribution in [1.29, 1.82) is 0 Å². The molecule has 0 fully saturated rings. The van der Waals surface area contributed by atoms with Crippen molar-refractivity contribution in [3.8, 4) is 10.4 Å². The second-order valence-corrected chi connectivity index (χ2v) is 13.9. The van der Waals surface area contributed by atoms with E-state index in [-0.39, 0.29) is 23.8 Å². The molecule has 48 heavy (non-hydrogen) atoms. The number of methoxy groups -OCH3 is 1. The van der Waals surface area contributed by atoms with Crippen LogP contribution in [-0.4, -0.2) is 59.0 Å².